The fourth-order valence-corrected chi connectivity index (χ4v) is 3.11. The van der Waals surface area contributed by atoms with Crippen molar-refractivity contribution in [1.29, 1.82) is 0 Å². The molecule has 2 atom stereocenters. The van der Waals surface area contributed by atoms with Gasteiger partial charge in [0, 0.05) is 22.9 Å². The standard InChI is InChI=1S/C11H17BrO2S/c1-3-4-10(14-2)9(13)7-11-8(12)5-6-15-11/h5-6,9-10,13H,3-4,7H2,1-2H3. The zero-order valence-corrected chi connectivity index (χ0v) is 11.5. The van der Waals surface area contributed by atoms with Crippen LogP contribution in [0.15, 0.2) is 15.9 Å². The maximum atomic E-state index is 10.00. The number of aliphatic hydroxyl groups is 1. The van der Waals surface area contributed by atoms with Crippen molar-refractivity contribution in [2.75, 3.05) is 7.11 Å². The molecule has 0 saturated heterocycles. The van der Waals surface area contributed by atoms with Gasteiger partial charge in [-0.3, -0.25) is 0 Å². The Morgan fingerprint density at radius 2 is 2.33 bits per heavy atom. The van der Waals surface area contributed by atoms with Crippen LogP contribution in [-0.2, 0) is 11.2 Å². The largest absolute Gasteiger partial charge is 0.390 e. The molecule has 15 heavy (non-hydrogen) atoms. The van der Waals surface area contributed by atoms with Crippen molar-refractivity contribution < 1.29 is 9.84 Å². The van der Waals surface area contributed by atoms with Crippen molar-refractivity contribution in [3.05, 3.63) is 20.8 Å². The van der Waals surface area contributed by atoms with Crippen molar-refractivity contribution in [1.82, 2.24) is 0 Å². The van der Waals surface area contributed by atoms with Gasteiger partial charge in [-0.05, 0) is 33.8 Å². The van der Waals surface area contributed by atoms with Crippen molar-refractivity contribution in [2.45, 2.75) is 38.4 Å². The average Bonchev–Trinajstić information content (AvgIpc) is 2.60. The lowest BCUT2D eigenvalue weighted by Gasteiger charge is -2.20. The van der Waals surface area contributed by atoms with E-state index in [-0.39, 0.29) is 6.10 Å². The second-order valence-electron chi connectivity index (χ2n) is 3.53. The van der Waals surface area contributed by atoms with Gasteiger partial charge < -0.3 is 9.84 Å². The van der Waals surface area contributed by atoms with E-state index >= 15 is 0 Å². The van der Waals surface area contributed by atoms with Crippen LogP contribution in [0.2, 0.25) is 0 Å². The van der Waals surface area contributed by atoms with Crippen LogP contribution in [-0.4, -0.2) is 24.4 Å². The minimum Gasteiger partial charge on any atom is -0.390 e. The smallest absolute Gasteiger partial charge is 0.0850 e. The first-order valence-electron chi connectivity index (χ1n) is 5.11. The molecule has 2 unspecified atom stereocenters. The van der Waals surface area contributed by atoms with Gasteiger partial charge in [0.25, 0.3) is 0 Å². The van der Waals surface area contributed by atoms with Gasteiger partial charge in [-0.15, -0.1) is 11.3 Å². The molecule has 1 aromatic heterocycles. The van der Waals surface area contributed by atoms with E-state index in [0.717, 1.165) is 17.3 Å². The van der Waals surface area contributed by atoms with Crippen molar-refractivity contribution >= 4 is 27.3 Å². The minimum atomic E-state index is -0.412. The molecule has 0 aliphatic carbocycles. The van der Waals surface area contributed by atoms with E-state index in [1.54, 1.807) is 18.4 Å². The highest BCUT2D eigenvalue weighted by Crippen LogP contribution is 2.25. The lowest BCUT2D eigenvalue weighted by molar-refractivity contribution is -0.0156. The number of hydrogen-bond acceptors (Lipinski definition) is 3. The van der Waals surface area contributed by atoms with E-state index in [9.17, 15) is 5.11 Å². The summed E-state index contributed by atoms with van der Waals surface area (Å²) in [4.78, 5) is 1.18. The molecule has 0 fully saturated rings. The molecule has 1 aromatic rings. The topological polar surface area (TPSA) is 29.5 Å². The summed E-state index contributed by atoms with van der Waals surface area (Å²) in [6.07, 6.45) is 2.13. The molecule has 0 bridgehead atoms. The summed E-state index contributed by atoms with van der Waals surface area (Å²) < 4.78 is 6.36. The Morgan fingerprint density at radius 1 is 1.60 bits per heavy atom. The molecule has 4 heteroatoms. The monoisotopic (exact) mass is 292 g/mol. The van der Waals surface area contributed by atoms with Crippen LogP contribution in [0, 0.1) is 0 Å². The molecule has 1 heterocycles. The fourth-order valence-electron chi connectivity index (χ4n) is 1.54. The molecular formula is C11H17BrO2S. The number of ether oxygens (including phenoxy) is 1. The van der Waals surface area contributed by atoms with Gasteiger partial charge in [0.15, 0.2) is 0 Å². The molecule has 0 aromatic carbocycles. The number of methoxy groups -OCH3 is 1. The molecule has 0 spiro atoms. The van der Waals surface area contributed by atoms with Crippen LogP contribution in [0.3, 0.4) is 0 Å². The van der Waals surface area contributed by atoms with Gasteiger partial charge >= 0.3 is 0 Å². The highest BCUT2D eigenvalue weighted by Gasteiger charge is 2.19. The third-order valence-electron chi connectivity index (χ3n) is 2.39. The van der Waals surface area contributed by atoms with E-state index in [4.69, 9.17) is 4.74 Å². The van der Waals surface area contributed by atoms with Crippen molar-refractivity contribution in [3.63, 3.8) is 0 Å². The number of hydrogen-bond donors (Lipinski definition) is 1. The second kappa shape index (κ2) is 6.63. The van der Waals surface area contributed by atoms with Gasteiger partial charge in [-0.25, -0.2) is 0 Å². The summed E-state index contributed by atoms with van der Waals surface area (Å²) in [6, 6.07) is 2.01. The Labute approximate surface area is 103 Å². The number of thiophene rings is 1. The predicted octanol–water partition coefficient (Wildman–Crippen LogP) is 3.23. The van der Waals surface area contributed by atoms with Crippen LogP contribution in [0.5, 0.6) is 0 Å². The first-order chi connectivity index (χ1) is 7.19. The molecule has 86 valence electrons. The molecular weight excluding hydrogens is 276 g/mol. The van der Waals surface area contributed by atoms with Crippen molar-refractivity contribution in [2.24, 2.45) is 0 Å². The lowest BCUT2D eigenvalue weighted by atomic mass is 10.1. The highest BCUT2D eigenvalue weighted by molar-refractivity contribution is 9.10. The van der Waals surface area contributed by atoms with E-state index in [2.05, 4.69) is 22.9 Å². The van der Waals surface area contributed by atoms with Crippen LogP contribution in [0.4, 0.5) is 0 Å². The second-order valence-corrected chi connectivity index (χ2v) is 5.38. The molecule has 0 amide bonds. The summed E-state index contributed by atoms with van der Waals surface area (Å²) >= 11 is 5.12. The number of rotatable bonds is 6. The van der Waals surface area contributed by atoms with E-state index in [1.165, 1.54) is 4.88 Å². The molecule has 2 nitrogen and oxygen atoms in total. The Morgan fingerprint density at radius 3 is 2.80 bits per heavy atom. The number of halogens is 1. The average molecular weight is 293 g/mol. The highest BCUT2D eigenvalue weighted by atomic mass is 79.9. The summed E-state index contributed by atoms with van der Waals surface area (Å²) in [5, 5.41) is 12.0. The first-order valence-corrected chi connectivity index (χ1v) is 6.79. The molecule has 0 aliphatic rings. The number of aliphatic hydroxyl groups excluding tert-OH is 1. The van der Waals surface area contributed by atoms with Crippen LogP contribution < -0.4 is 0 Å². The molecule has 0 saturated carbocycles. The summed E-state index contributed by atoms with van der Waals surface area (Å²) in [5.41, 5.74) is 0. The van der Waals surface area contributed by atoms with Gasteiger partial charge in [-0.1, -0.05) is 13.3 Å². The molecule has 0 aliphatic heterocycles. The molecule has 1 rings (SSSR count). The van der Waals surface area contributed by atoms with Crippen molar-refractivity contribution in [3.8, 4) is 0 Å². The minimum absolute atomic E-state index is 0.0519. The Kier molecular flexibility index (Phi) is 5.82. The molecule has 0 radical (unpaired) electrons. The third-order valence-corrected chi connectivity index (χ3v) is 4.34. The van der Waals surface area contributed by atoms with E-state index in [0.29, 0.717) is 6.42 Å². The van der Waals surface area contributed by atoms with Gasteiger partial charge in [0.05, 0.1) is 12.2 Å². The zero-order chi connectivity index (χ0) is 11.3. The maximum Gasteiger partial charge on any atom is 0.0850 e. The quantitative estimate of drug-likeness (QED) is 0.872. The van der Waals surface area contributed by atoms with Gasteiger partial charge in [0.2, 0.25) is 0 Å². The predicted molar refractivity (Wildman–Crippen MR) is 67.4 cm³/mol. The third kappa shape index (κ3) is 3.87. The lowest BCUT2D eigenvalue weighted by Crippen LogP contribution is -2.29. The summed E-state index contributed by atoms with van der Waals surface area (Å²) in [6.45, 7) is 2.10. The fraction of sp³-hybridized carbons (Fsp3) is 0.636. The molecule has 1 N–H and O–H groups in total. The SMILES string of the molecule is CCCC(OC)C(O)Cc1sccc1Br. The summed E-state index contributed by atoms with van der Waals surface area (Å²) in [5.74, 6) is 0. The van der Waals surface area contributed by atoms with E-state index < -0.39 is 6.10 Å². The first kappa shape index (κ1) is 13.2. The van der Waals surface area contributed by atoms with Gasteiger partial charge in [-0.2, -0.15) is 0 Å². The normalized spacial score (nSPS) is 15.2. The van der Waals surface area contributed by atoms with Crippen LogP contribution >= 0.6 is 27.3 Å². The Hall–Kier alpha value is 0.100. The zero-order valence-electron chi connectivity index (χ0n) is 9.07. The Balaban J connectivity index is 2.53. The van der Waals surface area contributed by atoms with E-state index in [1.807, 2.05) is 11.4 Å². The van der Waals surface area contributed by atoms with Crippen LogP contribution in [0.1, 0.15) is 24.6 Å². The summed E-state index contributed by atoms with van der Waals surface area (Å²) in [7, 11) is 1.66. The Bertz CT molecular complexity index is 288. The maximum absolute atomic E-state index is 10.00. The van der Waals surface area contributed by atoms with Crippen LogP contribution in [0.25, 0.3) is 0 Å². The van der Waals surface area contributed by atoms with Gasteiger partial charge in [0.1, 0.15) is 0 Å².